The SMILES string of the molecule is CC[B]c1nc(N)sc1C. The lowest BCUT2D eigenvalue weighted by Gasteiger charge is -1.88. The summed E-state index contributed by atoms with van der Waals surface area (Å²) in [4.78, 5) is 5.35. The highest BCUT2D eigenvalue weighted by molar-refractivity contribution is 7.16. The molecular weight excluding hydrogens is 143 g/mol. The van der Waals surface area contributed by atoms with Crippen LogP contribution in [0.3, 0.4) is 0 Å². The number of hydrogen-bond donors (Lipinski definition) is 1. The van der Waals surface area contributed by atoms with Gasteiger partial charge in [0.15, 0.2) is 12.4 Å². The van der Waals surface area contributed by atoms with Gasteiger partial charge in [-0.2, -0.15) is 0 Å². The van der Waals surface area contributed by atoms with E-state index < -0.39 is 0 Å². The van der Waals surface area contributed by atoms with Gasteiger partial charge in [-0.05, 0) is 6.92 Å². The van der Waals surface area contributed by atoms with Crippen molar-refractivity contribution in [1.82, 2.24) is 4.98 Å². The Bertz CT molecular complexity index is 222. The minimum Gasteiger partial charge on any atom is -0.375 e. The van der Waals surface area contributed by atoms with Gasteiger partial charge in [0, 0.05) is 10.5 Å². The van der Waals surface area contributed by atoms with Gasteiger partial charge in [0.05, 0.1) is 0 Å². The van der Waals surface area contributed by atoms with Gasteiger partial charge in [-0.1, -0.05) is 13.2 Å². The Kier molecular flexibility index (Phi) is 2.32. The average molecular weight is 153 g/mol. The lowest BCUT2D eigenvalue weighted by molar-refractivity contribution is 1.41. The number of rotatable bonds is 2. The van der Waals surface area contributed by atoms with Crippen LogP contribution in [-0.4, -0.2) is 12.3 Å². The van der Waals surface area contributed by atoms with Crippen LogP contribution in [0.15, 0.2) is 0 Å². The molecule has 0 bridgehead atoms. The van der Waals surface area contributed by atoms with Crippen molar-refractivity contribution in [3.63, 3.8) is 0 Å². The molecule has 0 aliphatic carbocycles. The van der Waals surface area contributed by atoms with Crippen LogP contribution in [-0.2, 0) is 0 Å². The first kappa shape index (κ1) is 7.60. The van der Waals surface area contributed by atoms with E-state index in [4.69, 9.17) is 5.73 Å². The van der Waals surface area contributed by atoms with E-state index in [1.54, 1.807) is 11.3 Å². The lowest BCUT2D eigenvalue weighted by Crippen LogP contribution is -2.16. The molecule has 1 heterocycles. The van der Waals surface area contributed by atoms with Crippen LogP contribution in [0.1, 0.15) is 11.8 Å². The molecule has 0 aliphatic rings. The molecule has 2 N–H and O–H groups in total. The summed E-state index contributed by atoms with van der Waals surface area (Å²) < 4.78 is 0. The first-order valence-electron chi connectivity index (χ1n) is 3.30. The monoisotopic (exact) mass is 153 g/mol. The largest absolute Gasteiger partial charge is 0.375 e. The van der Waals surface area contributed by atoms with Crippen molar-refractivity contribution in [3.05, 3.63) is 4.88 Å². The molecule has 0 spiro atoms. The van der Waals surface area contributed by atoms with E-state index in [-0.39, 0.29) is 0 Å². The summed E-state index contributed by atoms with van der Waals surface area (Å²) in [5.41, 5.74) is 6.54. The third-order valence-electron chi connectivity index (χ3n) is 1.25. The van der Waals surface area contributed by atoms with E-state index in [9.17, 15) is 0 Å². The number of anilines is 1. The second-order valence-corrected chi connectivity index (χ2v) is 3.34. The summed E-state index contributed by atoms with van der Waals surface area (Å²) >= 11 is 1.54. The summed E-state index contributed by atoms with van der Waals surface area (Å²) in [5.74, 6) is 0. The summed E-state index contributed by atoms with van der Waals surface area (Å²) in [6.45, 7) is 4.13. The minimum absolute atomic E-state index is 0.664. The number of nitrogens with two attached hydrogens (primary N) is 1. The standard InChI is InChI=1S/C6H10BN2S/c1-3-7-5-4(2)10-6(8)9-5/h3H2,1-2H3,(H2,8,9). The Morgan fingerprint density at radius 1 is 1.70 bits per heavy atom. The van der Waals surface area contributed by atoms with Crippen molar-refractivity contribution in [1.29, 1.82) is 0 Å². The first-order chi connectivity index (χ1) is 4.74. The van der Waals surface area contributed by atoms with E-state index in [1.165, 1.54) is 4.88 Å². The Morgan fingerprint density at radius 2 is 2.40 bits per heavy atom. The normalized spacial score (nSPS) is 9.80. The highest BCUT2D eigenvalue weighted by atomic mass is 32.1. The number of hydrogen-bond acceptors (Lipinski definition) is 3. The predicted octanol–water partition coefficient (Wildman–Crippen LogP) is 0.801. The van der Waals surface area contributed by atoms with Crippen LogP contribution in [0.4, 0.5) is 5.13 Å². The van der Waals surface area contributed by atoms with Crippen LogP contribution in [0.2, 0.25) is 6.32 Å². The summed E-state index contributed by atoms with van der Waals surface area (Å²) in [6, 6.07) is 0. The smallest absolute Gasteiger partial charge is 0.179 e. The molecule has 1 radical (unpaired) electrons. The molecule has 2 nitrogen and oxygen atoms in total. The Morgan fingerprint density at radius 3 is 2.80 bits per heavy atom. The Hall–Kier alpha value is -0.505. The highest BCUT2D eigenvalue weighted by Gasteiger charge is 2.03. The predicted molar refractivity (Wildman–Crippen MR) is 47.1 cm³/mol. The van der Waals surface area contributed by atoms with Crippen molar-refractivity contribution < 1.29 is 0 Å². The zero-order valence-corrected chi connectivity index (χ0v) is 7.03. The molecule has 0 atom stereocenters. The minimum atomic E-state index is 0.664. The lowest BCUT2D eigenvalue weighted by atomic mass is 9.71. The quantitative estimate of drug-likeness (QED) is 0.638. The molecule has 10 heavy (non-hydrogen) atoms. The van der Waals surface area contributed by atoms with Gasteiger partial charge in [-0.3, -0.25) is 0 Å². The summed E-state index contributed by atoms with van der Waals surface area (Å²) in [7, 11) is 2.09. The van der Waals surface area contributed by atoms with Gasteiger partial charge >= 0.3 is 0 Å². The number of nitrogens with zero attached hydrogens (tertiary/aromatic N) is 1. The fourth-order valence-electron chi connectivity index (χ4n) is 0.812. The fourth-order valence-corrected chi connectivity index (χ4v) is 1.50. The maximum absolute atomic E-state index is 5.50. The highest BCUT2D eigenvalue weighted by Crippen LogP contribution is 2.10. The van der Waals surface area contributed by atoms with Crippen LogP contribution >= 0.6 is 11.3 Å². The van der Waals surface area contributed by atoms with Gasteiger partial charge in [0.2, 0.25) is 0 Å². The Balaban J connectivity index is 2.81. The number of aromatic nitrogens is 1. The molecule has 53 valence electrons. The van der Waals surface area contributed by atoms with Gasteiger partial charge in [-0.25, -0.2) is 4.98 Å². The molecule has 0 saturated heterocycles. The molecule has 0 amide bonds. The van der Waals surface area contributed by atoms with Gasteiger partial charge in [0.1, 0.15) is 0 Å². The van der Waals surface area contributed by atoms with Crippen LogP contribution in [0.25, 0.3) is 0 Å². The zero-order valence-electron chi connectivity index (χ0n) is 6.22. The molecular formula is C6H10BN2S. The van der Waals surface area contributed by atoms with E-state index in [0.717, 1.165) is 11.9 Å². The van der Waals surface area contributed by atoms with Gasteiger partial charge in [0.25, 0.3) is 0 Å². The van der Waals surface area contributed by atoms with Gasteiger partial charge in [-0.15, -0.1) is 11.3 Å². The van der Waals surface area contributed by atoms with Crippen molar-refractivity contribution in [2.24, 2.45) is 0 Å². The summed E-state index contributed by atoms with van der Waals surface area (Å²) in [6.07, 6.45) is 1.02. The van der Waals surface area contributed by atoms with Crippen molar-refractivity contribution in [2.45, 2.75) is 20.2 Å². The Labute approximate surface area is 65.7 Å². The second-order valence-electron chi connectivity index (χ2n) is 2.11. The van der Waals surface area contributed by atoms with Crippen molar-refractivity contribution in [2.75, 3.05) is 5.73 Å². The van der Waals surface area contributed by atoms with E-state index in [1.807, 2.05) is 6.92 Å². The molecule has 1 aromatic rings. The molecule has 1 aromatic heterocycles. The van der Waals surface area contributed by atoms with Crippen LogP contribution in [0.5, 0.6) is 0 Å². The van der Waals surface area contributed by atoms with Crippen molar-refractivity contribution >= 4 is 29.3 Å². The van der Waals surface area contributed by atoms with Crippen molar-refractivity contribution in [3.8, 4) is 0 Å². The third-order valence-corrected chi connectivity index (χ3v) is 2.06. The third kappa shape index (κ3) is 1.50. The zero-order chi connectivity index (χ0) is 7.56. The number of aryl methyl sites for hydroxylation is 1. The number of nitrogen functional groups attached to an aromatic ring is 1. The molecule has 0 aromatic carbocycles. The maximum Gasteiger partial charge on any atom is 0.179 e. The average Bonchev–Trinajstić information content (AvgIpc) is 2.13. The number of thiazole rings is 1. The molecule has 1 rings (SSSR count). The molecule has 0 saturated carbocycles. The van der Waals surface area contributed by atoms with E-state index in [0.29, 0.717) is 5.13 Å². The molecule has 0 unspecified atom stereocenters. The molecule has 0 fully saturated rings. The topological polar surface area (TPSA) is 38.9 Å². The molecule has 0 aliphatic heterocycles. The fraction of sp³-hybridized carbons (Fsp3) is 0.500. The molecule has 4 heteroatoms. The maximum atomic E-state index is 5.50. The van der Waals surface area contributed by atoms with Crippen LogP contribution < -0.4 is 11.3 Å². The van der Waals surface area contributed by atoms with Crippen LogP contribution in [0, 0.1) is 6.92 Å². The second kappa shape index (κ2) is 3.06. The van der Waals surface area contributed by atoms with E-state index >= 15 is 0 Å². The van der Waals surface area contributed by atoms with Gasteiger partial charge < -0.3 is 5.73 Å². The first-order valence-corrected chi connectivity index (χ1v) is 4.11. The summed E-state index contributed by atoms with van der Waals surface area (Å²) in [5, 5.41) is 0.664. The van der Waals surface area contributed by atoms with E-state index in [2.05, 4.69) is 19.2 Å².